The second-order valence-electron chi connectivity index (χ2n) is 7.53. The number of hydrogen-bond donors (Lipinski definition) is 0. The summed E-state index contributed by atoms with van der Waals surface area (Å²) >= 11 is 0. The summed E-state index contributed by atoms with van der Waals surface area (Å²) in [5, 5.41) is 8.07. The molecule has 2 heterocycles. The van der Waals surface area contributed by atoms with E-state index in [-0.39, 0.29) is 18.3 Å². The van der Waals surface area contributed by atoms with Gasteiger partial charge in [0, 0.05) is 18.2 Å². The molecule has 4 nitrogen and oxygen atoms in total. The molecule has 0 spiro atoms. The van der Waals surface area contributed by atoms with E-state index in [2.05, 4.69) is 10.2 Å². The van der Waals surface area contributed by atoms with Gasteiger partial charge in [-0.15, -0.1) is 10.2 Å². The Kier molecular flexibility index (Phi) is 3.51. The van der Waals surface area contributed by atoms with Gasteiger partial charge in [0.15, 0.2) is 5.65 Å². The Labute approximate surface area is 154 Å². The summed E-state index contributed by atoms with van der Waals surface area (Å²) in [7, 11) is 0. The summed E-state index contributed by atoms with van der Waals surface area (Å²) in [4.78, 5) is 0. The first-order valence-corrected chi connectivity index (χ1v) is 9.06. The zero-order valence-corrected chi connectivity index (χ0v) is 14.7. The van der Waals surface area contributed by atoms with E-state index in [1.165, 1.54) is 12.1 Å². The fraction of sp³-hybridized carbons (Fsp3) is 0.400. The van der Waals surface area contributed by atoms with Crippen LogP contribution in [0.15, 0.2) is 36.5 Å². The van der Waals surface area contributed by atoms with Gasteiger partial charge < -0.3 is 4.74 Å². The maximum Gasteiger partial charge on any atom is 0.259 e. The molecule has 2 saturated carbocycles. The number of alkyl halides is 2. The van der Waals surface area contributed by atoms with E-state index in [4.69, 9.17) is 4.74 Å². The minimum Gasteiger partial charge on any atom is -0.490 e. The Bertz CT molecular complexity index is 1010. The van der Waals surface area contributed by atoms with Gasteiger partial charge in [0.05, 0.1) is 12.0 Å². The lowest BCUT2D eigenvalue weighted by molar-refractivity contribution is 0.0978. The van der Waals surface area contributed by atoms with Gasteiger partial charge in [-0.2, -0.15) is 0 Å². The minimum atomic E-state index is -2.67. The van der Waals surface area contributed by atoms with Gasteiger partial charge in [0.1, 0.15) is 17.4 Å². The van der Waals surface area contributed by atoms with Crippen LogP contribution < -0.4 is 4.74 Å². The van der Waals surface area contributed by atoms with Crippen LogP contribution in [-0.4, -0.2) is 26.6 Å². The molecule has 0 amide bonds. The van der Waals surface area contributed by atoms with Crippen LogP contribution in [-0.2, 0) is 0 Å². The Hall–Kier alpha value is -2.57. The molecule has 5 rings (SSSR count). The molecule has 0 aliphatic heterocycles. The molecule has 1 unspecified atom stereocenters. The van der Waals surface area contributed by atoms with E-state index < -0.39 is 11.8 Å². The number of aryl methyl sites for hydroxylation is 1. The first-order chi connectivity index (χ1) is 12.9. The van der Waals surface area contributed by atoms with E-state index >= 15 is 0 Å². The van der Waals surface area contributed by atoms with Gasteiger partial charge in [0.2, 0.25) is 0 Å². The molecule has 27 heavy (non-hydrogen) atoms. The Morgan fingerprint density at radius 1 is 1.11 bits per heavy atom. The van der Waals surface area contributed by atoms with Crippen LogP contribution in [0.4, 0.5) is 13.2 Å². The third-order valence-corrected chi connectivity index (χ3v) is 5.67. The highest BCUT2D eigenvalue weighted by Crippen LogP contribution is 2.55. The number of ether oxygens (including phenoxy) is 1. The van der Waals surface area contributed by atoms with Crippen LogP contribution in [0.5, 0.6) is 5.75 Å². The van der Waals surface area contributed by atoms with Crippen LogP contribution in [0.1, 0.15) is 48.0 Å². The van der Waals surface area contributed by atoms with Gasteiger partial charge in [0.25, 0.3) is 5.92 Å². The quantitative estimate of drug-likeness (QED) is 0.670. The van der Waals surface area contributed by atoms with Crippen molar-refractivity contribution in [2.45, 2.75) is 50.0 Å². The molecule has 0 bridgehead atoms. The number of aromatic nitrogens is 3. The molecule has 0 N–H and O–H groups in total. The summed E-state index contributed by atoms with van der Waals surface area (Å²) in [6, 6.07) is 8.39. The van der Waals surface area contributed by atoms with Crippen molar-refractivity contribution >= 4 is 5.65 Å². The largest absolute Gasteiger partial charge is 0.490 e. The van der Waals surface area contributed by atoms with Gasteiger partial charge in [-0.25, -0.2) is 13.2 Å². The Morgan fingerprint density at radius 3 is 2.48 bits per heavy atom. The van der Waals surface area contributed by atoms with Crippen molar-refractivity contribution in [3.05, 3.63) is 59.3 Å². The monoisotopic (exact) mass is 373 g/mol. The van der Waals surface area contributed by atoms with Crippen molar-refractivity contribution in [1.29, 1.82) is 0 Å². The molecule has 3 aromatic rings. The fourth-order valence-corrected chi connectivity index (χ4v) is 3.79. The van der Waals surface area contributed by atoms with Gasteiger partial charge in [-0.3, -0.25) is 4.40 Å². The Balaban J connectivity index is 1.30. The fourth-order valence-electron chi connectivity index (χ4n) is 3.79. The lowest BCUT2D eigenvalue weighted by atomic mass is 9.77. The summed E-state index contributed by atoms with van der Waals surface area (Å²) in [5.74, 6) is -2.37. The molecule has 2 aliphatic carbocycles. The lowest BCUT2D eigenvalue weighted by Crippen LogP contribution is -2.32. The van der Waals surface area contributed by atoms with Crippen molar-refractivity contribution in [3.63, 3.8) is 0 Å². The lowest BCUT2D eigenvalue weighted by Gasteiger charge is -2.36. The molecule has 1 atom stereocenters. The highest BCUT2D eigenvalue weighted by Gasteiger charge is 2.60. The molecule has 1 aromatic carbocycles. The predicted octanol–water partition coefficient (Wildman–Crippen LogP) is 4.62. The standard InChI is InChI=1S/C20H18F3N3O/c1-11-17(27-15-8-13(9-15)12-2-4-14(21)5-3-12)6-7-26-18(11)24-25-19(26)16-10-20(16,22)23/h2-7,13,15-16H,8-10H2,1H3/t13-,15-,16?. The average Bonchev–Trinajstić information content (AvgIpc) is 3.03. The van der Waals surface area contributed by atoms with Crippen molar-refractivity contribution < 1.29 is 17.9 Å². The van der Waals surface area contributed by atoms with E-state index in [1.807, 2.05) is 19.1 Å². The molecule has 0 saturated heterocycles. The van der Waals surface area contributed by atoms with Crippen LogP contribution in [0.2, 0.25) is 0 Å². The molecule has 0 radical (unpaired) electrons. The van der Waals surface area contributed by atoms with E-state index in [0.717, 1.165) is 24.0 Å². The van der Waals surface area contributed by atoms with E-state index in [0.29, 0.717) is 23.1 Å². The van der Waals surface area contributed by atoms with Crippen LogP contribution in [0.25, 0.3) is 5.65 Å². The number of halogens is 3. The normalized spacial score (nSPS) is 26.0. The van der Waals surface area contributed by atoms with Crippen molar-refractivity contribution in [2.75, 3.05) is 0 Å². The molecule has 2 aliphatic rings. The smallest absolute Gasteiger partial charge is 0.259 e. The van der Waals surface area contributed by atoms with Crippen molar-refractivity contribution in [2.24, 2.45) is 0 Å². The maximum absolute atomic E-state index is 13.4. The highest BCUT2D eigenvalue weighted by atomic mass is 19.3. The molecular formula is C20H18F3N3O. The van der Waals surface area contributed by atoms with Crippen molar-refractivity contribution in [1.82, 2.24) is 14.6 Å². The van der Waals surface area contributed by atoms with E-state index in [9.17, 15) is 13.2 Å². The molecule has 2 fully saturated rings. The second kappa shape index (κ2) is 5.71. The first-order valence-electron chi connectivity index (χ1n) is 9.06. The maximum atomic E-state index is 13.4. The Morgan fingerprint density at radius 2 is 1.81 bits per heavy atom. The number of nitrogens with zero attached hydrogens (tertiary/aromatic N) is 3. The number of fused-ring (bicyclic) bond motifs is 1. The van der Waals surface area contributed by atoms with Crippen LogP contribution in [0, 0.1) is 12.7 Å². The number of pyridine rings is 1. The third-order valence-electron chi connectivity index (χ3n) is 5.67. The van der Waals surface area contributed by atoms with Crippen LogP contribution in [0.3, 0.4) is 0 Å². The summed E-state index contributed by atoms with van der Waals surface area (Å²) < 4.78 is 47.5. The SMILES string of the molecule is Cc1c(O[C@H]2C[C@H](c3ccc(F)cc3)C2)ccn2c(C3CC3(F)F)nnc12. The predicted molar refractivity (Wildman–Crippen MR) is 92.8 cm³/mol. The van der Waals surface area contributed by atoms with Gasteiger partial charge >= 0.3 is 0 Å². The average molecular weight is 373 g/mol. The number of hydrogen-bond acceptors (Lipinski definition) is 3. The summed E-state index contributed by atoms with van der Waals surface area (Å²) in [6.07, 6.45) is 3.34. The zero-order chi connectivity index (χ0) is 18.8. The topological polar surface area (TPSA) is 39.4 Å². The van der Waals surface area contributed by atoms with Gasteiger partial charge in [-0.1, -0.05) is 12.1 Å². The zero-order valence-electron chi connectivity index (χ0n) is 14.7. The minimum absolute atomic E-state index is 0.0800. The third kappa shape index (κ3) is 2.76. The molecule has 7 heteroatoms. The van der Waals surface area contributed by atoms with Crippen molar-refractivity contribution in [3.8, 4) is 5.75 Å². The molecule has 2 aromatic heterocycles. The highest BCUT2D eigenvalue weighted by molar-refractivity contribution is 5.54. The van der Waals surface area contributed by atoms with Gasteiger partial charge in [-0.05, 0) is 49.4 Å². The number of benzene rings is 1. The molecular weight excluding hydrogens is 355 g/mol. The first kappa shape index (κ1) is 16.6. The number of rotatable bonds is 4. The van der Waals surface area contributed by atoms with E-state index in [1.54, 1.807) is 16.7 Å². The van der Waals surface area contributed by atoms with Crippen LogP contribution >= 0.6 is 0 Å². The molecule has 140 valence electrons. The summed E-state index contributed by atoms with van der Waals surface area (Å²) in [5.41, 5.74) is 2.47. The second-order valence-corrected chi connectivity index (χ2v) is 7.53. The summed E-state index contributed by atoms with van der Waals surface area (Å²) in [6.45, 7) is 1.87.